The molecule has 3 aromatic carbocycles. The topological polar surface area (TPSA) is 54.9 Å². The molecule has 0 bridgehead atoms. The summed E-state index contributed by atoms with van der Waals surface area (Å²) in [6.45, 7) is 4.14. The first-order valence-electron chi connectivity index (χ1n) is 9.38. The lowest BCUT2D eigenvalue weighted by Gasteiger charge is -2.12. The smallest absolute Gasteiger partial charge is 0.258 e. The highest BCUT2D eigenvalue weighted by Gasteiger charge is 2.19. The van der Waals surface area contributed by atoms with Crippen molar-refractivity contribution in [3.05, 3.63) is 89.5 Å². The number of fused-ring (bicyclic) bond motifs is 1. The molecule has 0 unspecified atom stereocenters. The van der Waals surface area contributed by atoms with Crippen molar-refractivity contribution in [1.29, 1.82) is 0 Å². The Bertz CT molecular complexity index is 1130. The van der Waals surface area contributed by atoms with Crippen molar-refractivity contribution in [3.63, 3.8) is 0 Å². The lowest BCUT2D eigenvalue weighted by atomic mass is 10.0. The molecule has 0 fully saturated rings. The van der Waals surface area contributed by atoms with Crippen LogP contribution in [0, 0.1) is 6.92 Å². The second-order valence-corrected chi connectivity index (χ2v) is 6.81. The van der Waals surface area contributed by atoms with E-state index >= 15 is 0 Å². The van der Waals surface area contributed by atoms with Crippen LogP contribution >= 0.6 is 0 Å². The predicted molar refractivity (Wildman–Crippen MR) is 113 cm³/mol. The molecule has 0 radical (unpaired) electrons. The van der Waals surface area contributed by atoms with Gasteiger partial charge in [-0.3, -0.25) is 4.79 Å². The van der Waals surface area contributed by atoms with E-state index in [0.717, 1.165) is 28.6 Å². The number of anilines is 1. The van der Waals surface area contributed by atoms with Gasteiger partial charge in [0.1, 0.15) is 5.69 Å². The molecule has 4 rings (SSSR count). The van der Waals surface area contributed by atoms with E-state index in [1.807, 2.05) is 79.7 Å². The molecule has 138 valence electrons. The van der Waals surface area contributed by atoms with E-state index in [2.05, 4.69) is 22.4 Å². The molecule has 4 aromatic rings. The van der Waals surface area contributed by atoms with Gasteiger partial charge in [-0.05, 0) is 37.1 Å². The van der Waals surface area contributed by atoms with Crippen LogP contribution in [0.4, 0.5) is 5.69 Å². The SMILES string of the molecule is CCc1ccc(NC(=O)c2c(-c3ccc(C)cc3)nnc3ccccc23)cc1. The van der Waals surface area contributed by atoms with Gasteiger partial charge in [-0.25, -0.2) is 0 Å². The second-order valence-electron chi connectivity index (χ2n) is 6.81. The highest BCUT2D eigenvalue weighted by molar-refractivity contribution is 6.15. The summed E-state index contributed by atoms with van der Waals surface area (Å²) in [5, 5.41) is 12.5. The number of aryl methyl sites for hydroxylation is 2. The number of rotatable bonds is 4. The Hall–Kier alpha value is -3.53. The fourth-order valence-corrected chi connectivity index (χ4v) is 3.21. The lowest BCUT2D eigenvalue weighted by Crippen LogP contribution is -2.15. The molecule has 28 heavy (non-hydrogen) atoms. The zero-order valence-electron chi connectivity index (χ0n) is 15.9. The fraction of sp³-hybridized carbons (Fsp3) is 0.125. The third-order valence-corrected chi connectivity index (χ3v) is 4.84. The summed E-state index contributed by atoms with van der Waals surface area (Å²) in [5.41, 5.74) is 5.84. The summed E-state index contributed by atoms with van der Waals surface area (Å²) < 4.78 is 0. The number of benzene rings is 3. The highest BCUT2D eigenvalue weighted by atomic mass is 16.1. The Morgan fingerprint density at radius 3 is 2.32 bits per heavy atom. The summed E-state index contributed by atoms with van der Waals surface area (Å²) in [6, 6.07) is 23.5. The zero-order chi connectivity index (χ0) is 19.5. The average molecular weight is 367 g/mol. The van der Waals surface area contributed by atoms with Crippen LogP contribution in [-0.2, 0) is 6.42 Å². The van der Waals surface area contributed by atoms with Crippen LogP contribution in [0.25, 0.3) is 22.2 Å². The fourth-order valence-electron chi connectivity index (χ4n) is 3.21. The molecule has 1 N–H and O–H groups in total. The maximum atomic E-state index is 13.3. The van der Waals surface area contributed by atoms with Gasteiger partial charge in [0, 0.05) is 16.6 Å². The maximum absolute atomic E-state index is 13.3. The van der Waals surface area contributed by atoms with Gasteiger partial charge in [0.05, 0.1) is 11.1 Å². The van der Waals surface area contributed by atoms with E-state index in [9.17, 15) is 4.79 Å². The molecule has 0 aliphatic rings. The van der Waals surface area contributed by atoms with E-state index in [0.29, 0.717) is 16.8 Å². The molecule has 1 aromatic heterocycles. The maximum Gasteiger partial charge on any atom is 0.258 e. The number of amides is 1. The van der Waals surface area contributed by atoms with Crippen LogP contribution < -0.4 is 5.32 Å². The Morgan fingerprint density at radius 2 is 1.61 bits per heavy atom. The van der Waals surface area contributed by atoms with Crippen LogP contribution in [0.15, 0.2) is 72.8 Å². The monoisotopic (exact) mass is 367 g/mol. The van der Waals surface area contributed by atoms with Crippen LogP contribution in [0.3, 0.4) is 0 Å². The van der Waals surface area contributed by atoms with Crippen molar-refractivity contribution >= 4 is 22.5 Å². The minimum atomic E-state index is -0.189. The molecule has 0 aliphatic heterocycles. The predicted octanol–water partition coefficient (Wildman–Crippen LogP) is 5.42. The Labute approximate surface area is 164 Å². The van der Waals surface area contributed by atoms with E-state index in [1.165, 1.54) is 5.56 Å². The molecule has 0 atom stereocenters. The van der Waals surface area contributed by atoms with Crippen molar-refractivity contribution in [2.24, 2.45) is 0 Å². The first kappa shape index (κ1) is 17.9. The van der Waals surface area contributed by atoms with Gasteiger partial charge in [-0.2, -0.15) is 0 Å². The minimum Gasteiger partial charge on any atom is -0.322 e. The molecule has 1 heterocycles. The first-order chi connectivity index (χ1) is 13.7. The normalized spacial score (nSPS) is 10.8. The molecule has 4 heteroatoms. The van der Waals surface area contributed by atoms with Gasteiger partial charge in [-0.15, -0.1) is 10.2 Å². The number of nitrogens with one attached hydrogen (secondary N) is 1. The zero-order valence-corrected chi connectivity index (χ0v) is 15.9. The van der Waals surface area contributed by atoms with Gasteiger partial charge in [-0.1, -0.05) is 67.1 Å². The number of carbonyl (C=O) groups excluding carboxylic acids is 1. The van der Waals surface area contributed by atoms with E-state index in [-0.39, 0.29) is 5.91 Å². The van der Waals surface area contributed by atoms with Gasteiger partial charge in [0.15, 0.2) is 0 Å². The van der Waals surface area contributed by atoms with Gasteiger partial charge in [0.2, 0.25) is 0 Å². The number of carbonyl (C=O) groups is 1. The Morgan fingerprint density at radius 1 is 0.893 bits per heavy atom. The second kappa shape index (κ2) is 7.61. The summed E-state index contributed by atoms with van der Waals surface area (Å²) in [4.78, 5) is 13.3. The third kappa shape index (κ3) is 3.49. The van der Waals surface area contributed by atoms with Crippen molar-refractivity contribution in [2.45, 2.75) is 20.3 Å². The standard InChI is InChI=1S/C24H21N3O/c1-3-17-10-14-19(15-11-17)25-24(28)22-20-6-4-5-7-21(20)26-27-23(22)18-12-8-16(2)9-13-18/h4-15H,3H2,1-2H3,(H,25,28). The van der Waals surface area contributed by atoms with Gasteiger partial charge in [0.25, 0.3) is 5.91 Å². The molecular formula is C24H21N3O. The average Bonchev–Trinajstić information content (AvgIpc) is 2.74. The highest BCUT2D eigenvalue weighted by Crippen LogP contribution is 2.28. The summed E-state index contributed by atoms with van der Waals surface area (Å²) >= 11 is 0. The van der Waals surface area contributed by atoms with E-state index in [1.54, 1.807) is 0 Å². The Balaban J connectivity index is 1.81. The molecule has 0 saturated carbocycles. The largest absolute Gasteiger partial charge is 0.322 e. The third-order valence-electron chi connectivity index (χ3n) is 4.84. The molecule has 0 aliphatic carbocycles. The van der Waals surface area contributed by atoms with Crippen molar-refractivity contribution < 1.29 is 4.79 Å². The number of hydrogen-bond acceptors (Lipinski definition) is 3. The number of aromatic nitrogens is 2. The van der Waals surface area contributed by atoms with Crippen LogP contribution in [0.1, 0.15) is 28.4 Å². The number of nitrogens with zero attached hydrogens (tertiary/aromatic N) is 2. The Kier molecular flexibility index (Phi) is 4.85. The van der Waals surface area contributed by atoms with Gasteiger partial charge < -0.3 is 5.32 Å². The first-order valence-corrected chi connectivity index (χ1v) is 9.38. The summed E-state index contributed by atoms with van der Waals surface area (Å²) in [5.74, 6) is -0.189. The quantitative estimate of drug-likeness (QED) is 0.524. The van der Waals surface area contributed by atoms with Crippen molar-refractivity contribution in [2.75, 3.05) is 5.32 Å². The van der Waals surface area contributed by atoms with Crippen LogP contribution in [-0.4, -0.2) is 16.1 Å². The number of hydrogen-bond donors (Lipinski definition) is 1. The van der Waals surface area contributed by atoms with Crippen molar-refractivity contribution in [3.8, 4) is 11.3 Å². The summed E-state index contributed by atoms with van der Waals surface area (Å²) in [7, 11) is 0. The van der Waals surface area contributed by atoms with E-state index < -0.39 is 0 Å². The van der Waals surface area contributed by atoms with Gasteiger partial charge >= 0.3 is 0 Å². The van der Waals surface area contributed by atoms with Crippen LogP contribution in [0.5, 0.6) is 0 Å². The van der Waals surface area contributed by atoms with Crippen LogP contribution in [0.2, 0.25) is 0 Å². The van der Waals surface area contributed by atoms with Crippen molar-refractivity contribution in [1.82, 2.24) is 10.2 Å². The molecule has 0 saturated heterocycles. The molecule has 4 nitrogen and oxygen atoms in total. The minimum absolute atomic E-state index is 0.189. The van der Waals surface area contributed by atoms with E-state index in [4.69, 9.17) is 0 Å². The molecule has 0 spiro atoms. The summed E-state index contributed by atoms with van der Waals surface area (Å²) in [6.07, 6.45) is 0.963. The molecular weight excluding hydrogens is 346 g/mol. The molecule has 1 amide bonds. The lowest BCUT2D eigenvalue weighted by molar-refractivity contribution is 0.102.